The van der Waals surface area contributed by atoms with Gasteiger partial charge >= 0.3 is 0 Å². The molecule has 0 aliphatic heterocycles. The normalized spacial score (nSPS) is 11.6. The van der Waals surface area contributed by atoms with Crippen molar-refractivity contribution in [3.63, 3.8) is 0 Å². The molecule has 2 rings (SSSR count). The first-order chi connectivity index (χ1) is 10.6. The maximum absolute atomic E-state index is 12.1. The second-order valence-electron chi connectivity index (χ2n) is 4.94. The van der Waals surface area contributed by atoms with Gasteiger partial charge in [-0.05, 0) is 43.7 Å². The van der Waals surface area contributed by atoms with Gasteiger partial charge in [-0.3, -0.25) is 4.79 Å². The number of anilines is 2. The number of hydrogen-bond acceptors (Lipinski definition) is 5. The van der Waals surface area contributed by atoms with Gasteiger partial charge in [-0.1, -0.05) is 13.0 Å². The third-order valence-corrected chi connectivity index (χ3v) is 3.24. The monoisotopic (exact) mass is 300 g/mol. The second kappa shape index (κ2) is 7.40. The molecule has 1 atom stereocenters. The van der Waals surface area contributed by atoms with Crippen LogP contribution in [0.15, 0.2) is 36.4 Å². The molecule has 22 heavy (non-hydrogen) atoms. The SMILES string of the molecule is CCC(C)Nc1ccc(NC(=O)c2cccc(OC)c2)nn1. The summed E-state index contributed by atoms with van der Waals surface area (Å²) in [5.41, 5.74) is 0.503. The molecule has 0 spiro atoms. The molecule has 0 saturated carbocycles. The van der Waals surface area contributed by atoms with Gasteiger partial charge in [0.1, 0.15) is 11.6 Å². The number of rotatable bonds is 6. The van der Waals surface area contributed by atoms with Gasteiger partial charge in [-0.15, -0.1) is 10.2 Å². The minimum absolute atomic E-state index is 0.254. The van der Waals surface area contributed by atoms with Crippen molar-refractivity contribution in [1.29, 1.82) is 0 Å². The van der Waals surface area contributed by atoms with E-state index >= 15 is 0 Å². The zero-order chi connectivity index (χ0) is 15.9. The summed E-state index contributed by atoms with van der Waals surface area (Å²) in [6, 6.07) is 10.8. The molecule has 1 heterocycles. The zero-order valence-electron chi connectivity index (χ0n) is 13.0. The van der Waals surface area contributed by atoms with Crippen LogP contribution in [0.25, 0.3) is 0 Å². The predicted octanol–water partition coefficient (Wildman–Crippen LogP) is 2.95. The van der Waals surface area contributed by atoms with Gasteiger partial charge in [0.2, 0.25) is 0 Å². The lowest BCUT2D eigenvalue weighted by molar-refractivity contribution is 0.102. The lowest BCUT2D eigenvalue weighted by Crippen LogP contribution is -2.16. The van der Waals surface area contributed by atoms with Gasteiger partial charge in [0.15, 0.2) is 5.82 Å². The van der Waals surface area contributed by atoms with Gasteiger partial charge in [0.25, 0.3) is 5.91 Å². The van der Waals surface area contributed by atoms with Gasteiger partial charge < -0.3 is 15.4 Å². The van der Waals surface area contributed by atoms with E-state index in [0.29, 0.717) is 29.0 Å². The third-order valence-electron chi connectivity index (χ3n) is 3.24. The van der Waals surface area contributed by atoms with Crippen LogP contribution < -0.4 is 15.4 Å². The Morgan fingerprint density at radius 2 is 1.95 bits per heavy atom. The van der Waals surface area contributed by atoms with E-state index in [1.54, 1.807) is 43.5 Å². The number of methoxy groups -OCH3 is 1. The number of ether oxygens (including phenoxy) is 1. The highest BCUT2D eigenvalue weighted by molar-refractivity contribution is 6.03. The summed E-state index contributed by atoms with van der Waals surface area (Å²) in [5.74, 6) is 1.47. The van der Waals surface area contributed by atoms with E-state index in [0.717, 1.165) is 6.42 Å². The van der Waals surface area contributed by atoms with Crippen molar-refractivity contribution < 1.29 is 9.53 Å². The van der Waals surface area contributed by atoms with Gasteiger partial charge in [0, 0.05) is 11.6 Å². The number of nitrogens with zero attached hydrogens (tertiary/aromatic N) is 2. The predicted molar refractivity (Wildman–Crippen MR) is 86.4 cm³/mol. The van der Waals surface area contributed by atoms with Gasteiger partial charge in [0.05, 0.1) is 7.11 Å². The molecule has 1 aromatic heterocycles. The smallest absolute Gasteiger partial charge is 0.256 e. The molecule has 2 aromatic rings. The highest BCUT2D eigenvalue weighted by atomic mass is 16.5. The quantitative estimate of drug-likeness (QED) is 0.857. The molecular weight excluding hydrogens is 280 g/mol. The molecule has 0 fully saturated rings. The van der Waals surface area contributed by atoms with Crippen LogP contribution in [0.4, 0.5) is 11.6 Å². The van der Waals surface area contributed by atoms with Crippen LogP contribution in [0.3, 0.4) is 0 Å². The van der Waals surface area contributed by atoms with Crippen molar-refractivity contribution in [1.82, 2.24) is 10.2 Å². The number of nitrogens with one attached hydrogen (secondary N) is 2. The first kappa shape index (κ1) is 15.8. The summed E-state index contributed by atoms with van der Waals surface area (Å²) in [5, 5.41) is 14.0. The Labute approximate surface area is 129 Å². The summed E-state index contributed by atoms with van der Waals surface area (Å²) in [7, 11) is 1.56. The zero-order valence-corrected chi connectivity index (χ0v) is 13.0. The second-order valence-corrected chi connectivity index (χ2v) is 4.94. The standard InChI is InChI=1S/C16H20N4O2/c1-4-11(2)17-14-8-9-15(20-19-14)18-16(21)12-6-5-7-13(10-12)22-3/h5-11H,4H2,1-3H3,(H,17,19)(H,18,20,21). The molecule has 0 aliphatic carbocycles. The van der Waals surface area contributed by atoms with Crippen LogP contribution in [0.2, 0.25) is 0 Å². The Morgan fingerprint density at radius 3 is 2.59 bits per heavy atom. The molecule has 1 unspecified atom stereocenters. The maximum atomic E-state index is 12.1. The summed E-state index contributed by atoms with van der Waals surface area (Å²) < 4.78 is 5.10. The van der Waals surface area contributed by atoms with E-state index in [2.05, 4.69) is 34.7 Å². The lowest BCUT2D eigenvalue weighted by Gasteiger charge is -2.11. The molecule has 6 heteroatoms. The average Bonchev–Trinajstić information content (AvgIpc) is 2.56. The first-order valence-corrected chi connectivity index (χ1v) is 7.18. The lowest BCUT2D eigenvalue weighted by atomic mass is 10.2. The largest absolute Gasteiger partial charge is 0.497 e. The molecule has 116 valence electrons. The Balaban J connectivity index is 2.02. The number of benzene rings is 1. The van der Waals surface area contributed by atoms with Crippen molar-refractivity contribution in [3.8, 4) is 5.75 Å². The molecule has 6 nitrogen and oxygen atoms in total. The van der Waals surface area contributed by atoms with Crippen molar-refractivity contribution >= 4 is 17.5 Å². The number of carbonyl (C=O) groups is 1. The molecule has 1 aromatic carbocycles. The van der Waals surface area contributed by atoms with E-state index in [9.17, 15) is 4.79 Å². The summed E-state index contributed by atoms with van der Waals surface area (Å²) in [6.45, 7) is 4.16. The number of carbonyl (C=O) groups excluding carboxylic acids is 1. The number of amides is 1. The molecule has 1 amide bonds. The first-order valence-electron chi connectivity index (χ1n) is 7.18. The molecular formula is C16H20N4O2. The molecule has 0 radical (unpaired) electrons. The van der Waals surface area contributed by atoms with E-state index in [-0.39, 0.29) is 5.91 Å². The summed E-state index contributed by atoms with van der Waals surface area (Å²) >= 11 is 0. The Bertz CT molecular complexity index is 628. The van der Waals surface area contributed by atoms with Crippen molar-refractivity contribution in [2.45, 2.75) is 26.3 Å². The van der Waals surface area contributed by atoms with Crippen molar-refractivity contribution in [2.75, 3.05) is 17.7 Å². The van der Waals surface area contributed by atoms with Gasteiger partial charge in [-0.25, -0.2) is 0 Å². The number of hydrogen-bond donors (Lipinski definition) is 2. The van der Waals surface area contributed by atoms with Crippen LogP contribution >= 0.6 is 0 Å². The molecule has 2 N–H and O–H groups in total. The van der Waals surface area contributed by atoms with Crippen LogP contribution in [-0.2, 0) is 0 Å². The van der Waals surface area contributed by atoms with Crippen LogP contribution in [0.5, 0.6) is 5.75 Å². The topological polar surface area (TPSA) is 76.1 Å². The Hall–Kier alpha value is -2.63. The van der Waals surface area contributed by atoms with E-state index in [1.165, 1.54) is 0 Å². The van der Waals surface area contributed by atoms with Crippen LogP contribution in [-0.4, -0.2) is 29.3 Å². The molecule has 0 saturated heterocycles. The highest BCUT2D eigenvalue weighted by Gasteiger charge is 2.08. The fraction of sp³-hybridized carbons (Fsp3) is 0.312. The third kappa shape index (κ3) is 4.18. The van der Waals surface area contributed by atoms with E-state index < -0.39 is 0 Å². The van der Waals surface area contributed by atoms with Crippen LogP contribution in [0.1, 0.15) is 30.6 Å². The summed E-state index contributed by atoms with van der Waals surface area (Å²) in [4.78, 5) is 12.1. The molecule has 0 bridgehead atoms. The van der Waals surface area contributed by atoms with Crippen molar-refractivity contribution in [2.24, 2.45) is 0 Å². The number of aromatic nitrogens is 2. The van der Waals surface area contributed by atoms with Gasteiger partial charge in [-0.2, -0.15) is 0 Å². The fourth-order valence-electron chi connectivity index (χ4n) is 1.78. The van der Waals surface area contributed by atoms with E-state index in [4.69, 9.17) is 4.74 Å². The Kier molecular flexibility index (Phi) is 5.30. The van der Waals surface area contributed by atoms with E-state index in [1.807, 2.05) is 0 Å². The minimum atomic E-state index is -0.254. The average molecular weight is 300 g/mol. The highest BCUT2D eigenvalue weighted by Crippen LogP contribution is 2.14. The minimum Gasteiger partial charge on any atom is -0.497 e. The fourth-order valence-corrected chi connectivity index (χ4v) is 1.78. The van der Waals surface area contributed by atoms with Crippen LogP contribution in [0, 0.1) is 0 Å². The summed E-state index contributed by atoms with van der Waals surface area (Å²) in [6.07, 6.45) is 0.996. The Morgan fingerprint density at radius 1 is 1.23 bits per heavy atom. The van der Waals surface area contributed by atoms with Crippen molar-refractivity contribution in [3.05, 3.63) is 42.0 Å². The molecule has 0 aliphatic rings. The maximum Gasteiger partial charge on any atom is 0.256 e.